The van der Waals surface area contributed by atoms with Crippen molar-refractivity contribution in [2.45, 2.75) is 33.2 Å². The molecular weight excluding hydrogens is 340 g/mol. The Bertz CT molecular complexity index is 934. The second-order valence-corrected chi connectivity index (χ2v) is 6.98. The van der Waals surface area contributed by atoms with E-state index in [4.69, 9.17) is 19.2 Å². The second kappa shape index (κ2) is 7.48. The molecule has 0 saturated carbocycles. The van der Waals surface area contributed by atoms with Crippen LogP contribution in [0.25, 0.3) is 11.3 Å². The Labute approximate surface area is 159 Å². The van der Waals surface area contributed by atoms with E-state index in [0.29, 0.717) is 0 Å². The molecule has 3 aromatic rings. The summed E-state index contributed by atoms with van der Waals surface area (Å²) in [7, 11) is 1.68. The minimum absolute atomic E-state index is 0.801. The number of hydrogen-bond donors (Lipinski definition) is 0. The Balaban J connectivity index is 1.60. The summed E-state index contributed by atoms with van der Waals surface area (Å²) in [6, 6.07) is 10.1. The van der Waals surface area contributed by atoms with Crippen LogP contribution in [0.2, 0.25) is 0 Å². The number of ether oxygens (including phenoxy) is 1. The maximum atomic E-state index is 5.28. The summed E-state index contributed by atoms with van der Waals surface area (Å²) in [6.07, 6.45) is 1.84. The molecule has 6 nitrogen and oxygen atoms in total. The first kappa shape index (κ1) is 17.7. The number of hydrogen-bond acceptors (Lipinski definition) is 6. The Kier molecular flexibility index (Phi) is 4.90. The van der Waals surface area contributed by atoms with Crippen LogP contribution in [0.5, 0.6) is 5.75 Å². The van der Waals surface area contributed by atoms with E-state index in [0.717, 1.165) is 72.5 Å². The standard InChI is InChI=1S/C21H24N4O2/c1-14-12-17(24-27-14)13-25-10-8-19-20(9-11-25)22-15(2)23-21(19)16-4-6-18(26-3)7-5-16/h4-7,12H,8-11,13H2,1-3H3. The van der Waals surface area contributed by atoms with Crippen LogP contribution < -0.4 is 4.74 Å². The monoisotopic (exact) mass is 364 g/mol. The quantitative estimate of drug-likeness (QED) is 0.707. The molecule has 0 aliphatic carbocycles. The van der Waals surface area contributed by atoms with E-state index in [1.54, 1.807) is 7.11 Å². The SMILES string of the molecule is COc1ccc(-c2nc(C)nc3c2CCN(Cc2cc(C)on2)CC3)cc1. The van der Waals surface area contributed by atoms with Crippen molar-refractivity contribution in [3.63, 3.8) is 0 Å². The van der Waals surface area contributed by atoms with Crippen LogP contribution in [-0.2, 0) is 19.4 Å². The van der Waals surface area contributed by atoms with Crippen molar-refractivity contribution in [2.75, 3.05) is 20.2 Å². The molecule has 140 valence electrons. The van der Waals surface area contributed by atoms with Gasteiger partial charge in [-0.25, -0.2) is 9.97 Å². The van der Waals surface area contributed by atoms with Crippen molar-refractivity contribution in [2.24, 2.45) is 0 Å². The molecule has 3 heterocycles. The molecular formula is C21H24N4O2. The lowest BCUT2D eigenvalue weighted by atomic mass is 10.0. The van der Waals surface area contributed by atoms with Gasteiger partial charge in [0, 0.05) is 48.9 Å². The average Bonchev–Trinajstić information content (AvgIpc) is 2.98. The summed E-state index contributed by atoms with van der Waals surface area (Å²) in [4.78, 5) is 11.9. The van der Waals surface area contributed by atoms with Crippen molar-refractivity contribution < 1.29 is 9.26 Å². The van der Waals surface area contributed by atoms with Gasteiger partial charge in [0.2, 0.25) is 0 Å². The molecule has 0 unspecified atom stereocenters. The fourth-order valence-corrected chi connectivity index (χ4v) is 3.64. The van der Waals surface area contributed by atoms with Gasteiger partial charge in [0.05, 0.1) is 18.5 Å². The molecule has 0 amide bonds. The zero-order valence-corrected chi connectivity index (χ0v) is 16.0. The molecule has 2 aromatic heterocycles. The smallest absolute Gasteiger partial charge is 0.133 e. The third kappa shape index (κ3) is 3.85. The number of nitrogens with zero attached hydrogens (tertiary/aromatic N) is 4. The van der Waals surface area contributed by atoms with Gasteiger partial charge in [-0.2, -0.15) is 0 Å². The highest BCUT2D eigenvalue weighted by Gasteiger charge is 2.21. The third-order valence-corrected chi connectivity index (χ3v) is 4.97. The Morgan fingerprint density at radius 1 is 1.07 bits per heavy atom. The Morgan fingerprint density at radius 2 is 1.85 bits per heavy atom. The van der Waals surface area contributed by atoms with E-state index in [1.165, 1.54) is 5.56 Å². The molecule has 1 aliphatic heterocycles. The second-order valence-electron chi connectivity index (χ2n) is 6.98. The van der Waals surface area contributed by atoms with Gasteiger partial charge in [0.1, 0.15) is 17.3 Å². The van der Waals surface area contributed by atoms with Crippen LogP contribution in [0.15, 0.2) is 34.9 Å². The summed E-state index contributed by atoms with van der Waals surface area (Å²) < 4.78 is 10.5. The van der Waals surface area contributed by atoms with Gasteiger partial charge in [0.25, 0.3) is 0 Å². The highest BCUT2D eigenvalue weighted by atomic mass is 16.5. The zero-order chi connectivity index (χ0) is 18.8. The van der Waals surface area contributed by atoms with E-state index < -0.39 is 0 Å². The highest BCUT2D eigenvalue weighted by Crippen LogP contribution is 2.28. The van der Waals surface area contributed by atoms with Crippen molar-refractivity contribution in [3.05, 3.63) is 58.9 Å². The minimum Gasteiger partial charge on any atom is -0.497 e. The van der Waals surface area contributed by atoms with E-state index in [2.05, 4.69) is 22.2 Å². The predicted molar refractivity (Wildman–Crippen MR) is 103 cm³/mol. The van der Waals surface area contributed by atoms with E-state index in [-0.39, 0.29) is 0 Å². The molecule has 0 atom stereocenters. The average molecular weight is 364 g/mol. The number of benzene rings is 1. The van der Waals surface area contributed by atoms with Crippen molar-refractivity contribution >= 4 is 0 Å². The molecule has 0 fully saturated rings. The maximum Gasteiger partial charge on any atom is 0.133 e. The largest absolute Gasteiger partial charge is 0.497 e. The summed E-state index contributed by atoms with van der Waals surface area (Å²) in [5, 5.41) is 4.13. The first-order valence-electron chi connectivity index (χ1n) is 9.28. The van der Waals surface area contributed by atoms with Crippen LogP contribution in [0.4, 0.5) is 0 Å². The van der Waals surface area contributed by atoms with Gasteiger partial charge >= 0.3 is 0 Å². The highest BCUT2D eigenvalue weighted by molar-refractivity contribution is 5.65. The summed E-state index contributed by atoms with van der Waals surface area (Å²) in [6.45, 7) is 6.60. The summed E-state index contributed by atoms with van der Waals surface area (Å²) in [5.74, 6) is 2.52. The molecule has 1 aromatic carbocycles. The molecule has 6 heteroatoms. The fourth-order valence-electron chi connectivity index (χ4n) is 3.64. The first-order chi connectivity index (χ1) is 13.1. The van der Waals surface area contributed by atoms with Crippen LogP contribution in [0.1, 0.15) is 28.5 Å². The Hall–Kier alpha value is -2.73. The third-order valence-electron chi connectivity index (χ3n) is 4.97. The zero-order valence-electron chi connectivity index (χ0n) is 16.0. The van der Waals surface area contributed by atoms with Gasteiger partial charge in [-0.15, -0.1) is 0 Å². The van der Waals surface area contributed by atoms with Crippen LogP contribution in [-0.4, -0.2) is 40.2 Å². The lowest BCUT2D eigenvalue weighted by molar-refractivity contribution is 0.268. The van der Waals surface area contributed by atoms with Crippen molar-refractivity contribution in [3.8, 4) is 17.0 Å². The number of fused-ring (bicyclic) bond motifs is 1. The minimum atomic E-state index is 0.801. The summed E-state index contributed by atoms with van der Waals surface area (Å²) in [5.41, 5.74) is 5.55. The molecule has 0 radical (unpaired) electrons. The molecule has 0 spiro atoms. The Morgan fingerprint density at radius 3 is 2.56 bits per heavy atom. The van der Waals surface area contributed by atoms with E-state index >= 15 is 0 Å². The van der Waals surface area contributed by atoms with Gasteiger partial charge in [0.15, 0.2) is 0 Å². The van der Waals surface area contributed by atoms with Crippen molar-refractivity contribution in [1.82, 2.24) is 20.0 Å². The lowest BCUT2D eigenvalue weighted by Gasteiger charge is -2.17. The number of rotatable bonds is 4. The van der Waals surface area contributed by atoms with Crippen LogP contribution >= 0.6 is 0 Å². The molecule has 1 aliphatic rings. The maximum absolute atomic E-state index is 5.28. The van der Waals surface area contributed by atoms with E-state index in [9.17, 15) is 0 Å². The molecule has 0 bridgehead atoms. The normalized spacial score (nSPS) is 14.6. The topological polar surface area (TPSA) is 64.3 Å². The van der Waals surface area contributed by atoms with Gasteiger partial charge < -0.3 is 9.26 Å². The van der Waals surface area contributed by atoms with Crippen LogP contribution in [0.3, 0.4) is 0 Å². The molecule has 0 N–H and O–H groups in total. The van der Waals surface area contributed by atoms with Crippen LogP contribution in [0, 0.1) is 13.8 Å². The predicted octanol–water partition coefficient (Wildman–Crippen LogP) is 3.36. The van der Waals surface area contributed by atoms with Gasteiger partial charge in [-0.1, -0.05) is 5.16 Å². The summed E-state index contributed by atoms with van der Waals surface area (Å²) >= 11 is 0. The lowest BCUT2D eigenvalue weighted by Crippen LogP contribution is -2.26. The van der Waals surface area contributed by atoms with E-state index in [1.807, 2.05) is 32.0 Å². The fraction of sp³-hybridized carbons (Fsp3) is 0.381. The van der Waals surface area contributed by atoms with Gasteiger partial charge in [-0.05, 0) is 44.5 Å². The molecule has 4 rings (SSSR count). The van der Waals surface area contributed by atoms with Gasteiger partial charge in [-0.3, -0.25) is 4.90 Å². The number of methoxy groups -OCH3 is 1. The molecule has 0 saturated heterocycles. The number of aryl methyl sites for hydroxylation is 2. The van der Waals surface area contributed by atoms with Crippen molar-refractivity contribution in [1.29, 1.82) is 0 Å². The molecule has 27 heavy (non-hydrogen) atoms. The first-order valence-corrected chi connectivity index (χ1v) is 9.28. The number of aromatic nitrogens is 3.